The van der Waals surface area contributed by atoms with Gasteiger partial charge in [-0.3, -0.25) is 4.79 Å². The maximum absolute atomic E-state index is 12.3. The molecule has 0 saturated carbocycles. The highest BCUT2D eigenvalue weighted by molar-refractivity contribution is 7.19. The number of benzene rings is 1. The largest absolute Gasteiger partial charge is 0.306 e. The smallest absolute Gasteiger partial charge is 0.229 e. The van der Waals surface area contributed by atoms with Gasteiger partial charge in [0, 0.05) is 12.1 Å². The van der Waals surface area contributed by atoms with E-state index in [1.54, 1.807) is 0 Å². The van der Waals surface area contributed by atoms with Crippen LogP contribution in [0.5, 0.6) is 0 Å². The van der Waals surface area contributed by atoms with Gasteiger partial charge in [-0.1, -0.05) is 41.7 Å². The van der Waals surface area contributed by atoms with Crippen LogP contribution in [0.2, 0.25) is 0 Å². The first kappa shape index (κ1) is 14.2. The number of carbonyl (C=O) groups is 1. The predicted octanol–water partition coefficient (Wildman–Crippen LogP) is 3.09. The minimum absolute atomic E-state index is 0.108. The zero-order valence-corrected chi connectivity index (χ0v) is 12.9. The normalized spacial score (nSPS) is 16.8. The molecule has 1 aliphatic heterocycles. The van der Waals surface area contributed by atoms with Crippen LogP contribution in [-0.4, -0.2) is 35.9 Å². The highest BCUT2D eigenvalue weighted by Crippen LogP contribution is 2.29. The van der Waals surface area contributed by atoms with E-state index in [9.17, 15) is 4.79 Å². The summed E-state index contributed by atoms with van der Waals surface area (Å²) in [6.45, 7) is 1.98. The summed E-state index contributed by atoms with van der Waals surface area (Å²) in [5.41, 5.74) is 1.13. The van der Waals surface area contributed by atoms with Gasteiger partial charge in [0.1, 0.15) is 0 Å². The van der Waals surface area contributed by atoms with Gasteiger partial charge in [-0.05, 0) is 38.5 Å². The molecule has 2 heterocycles. The molecule has 1 fully saturated rings. The number of thiazole rings is 1. The lowest BCUT2D eigenvalue weighted by atomic mass is 9.96. The highest BCUT2D eigenvalue weighted by Gasteiger charge is 2.23. The number of aromatic nitrogens is 1. The van der Waals surface area contributed by atoms with Crippen LogP contribution in [0.1, 0.15) is 12.8 Å². The van der Waals surface area contributed by atoms with Crippen LogP contribution >= 0.6 is 11.3 Å². The molecule has 2 aromatic rings. The average Bonchev–Trinajstić information content (AvgIpc) is 2.97. The zero-order valence-electron chi connectivity index (χ0n) is 12.1. The number of nitrogens with one attached hydrogen (secondary N) is 1. The Labute approximate surface area is 128 Å². The van der Waals surface area contributed by atoms with E-state index in [0.29, 0.717) is 5.13 Å². The van der Waals surface area contributed by atoms with Crippen molar-refractivity contribution in [3.05, 3.63) is 36.5 Å². The van der Waals surface area contributed by atoms with Gasteiger partial charge >= 0.3 is 0 Å². The van der Waals surface area contributed by atoms with Crippen LogP contribution in [0.4, 0.5) is 5.13 Å². The summed E-state index contributed by atoms with van der Waals surface area (Å²) < 4.78 is 0. The molecule has 110 valence electrons. The fraction of sp³-hybridized carbons (Fsp3) is 0.375. The molecule has 21 heavy (non-hydrogen) atoms. The third-order valence-corrected chi connectivity index (χ3v) is 4.85. The number of hydrogen-bond donors (Lipinski definition) is 1. The summed E-state index contributed by atoms with van der Waals surface area (Å²) in [5, 5.41) is 3.66. The third kappa shape index (κ3) is 3.49. The molecule has 1 amide bonds. The van der Waals surface area contributed by atoms with E-state index in [2.05, 4.69) is 34.4 Å². The number of rotatable bonds is 3. The lowest BCUT2D eigenvalue weighted by Crippen LogP contribution is -2.35. The molecule has 0 bridgehead atoms. The topological polar surface area (TPSA) is 45.2 Å². The highest BCUT2D eigenvalue weighted by atomic mass is 32.1. The van der Waals surface area contributed by atoms with Gasteiger partial charge < -0.3 is 10.2 Å². The molecular formula is C16H19N3OS. The van der Waals surface area contributed by atoms with Gasteiger partial charge in [0.25, 0.3) is 0 Å². The summed E-state index contributed by atoms with van der Waals surface area (Å²) >= 11 is 1.53. The van der Waals surface area contributed by atoms with Gasteiger partial charge in [-0.25, -0.2) is 4.98 Å². The number of carbonyl (C=O) groups excluding carboxylic acids is 1. The molecule has 0 spiro atoms. The fourth-order valence-corrected chi connectivity index (χ4v) is 3.37. The Hall–Kier alpha value is -1.72. The lowest BCUT2D eigenvalue weighted by Gasteiger charge is -2.27. The van der Waals surface area contributed by atoms with Gasteiger partial charge in [0.2, 0.25) is 5.91 Å². The number of piperidine rings is 1. The second kappa shape index (κ2) is 6.37. The Morgan fingerprint density at radius 1 is 1.29 bits per heavy atom. The Balaban J connectivity index is 1.63. The van der Waals surface area contributed by atoms with Crippen molar-refractivity contribution < 1.29 is 4.79 Å². The van der Waals surface area contributed by atoms with E-state index in [1.807, 2.05) is 24.4 Å². The molecule has 0 atom stereocenters. The Morgan fingerprint density at radius 3 is 2.71 bits per heavy atom. The van der Waals surface area contributed by atoms with Crippen molar-refractivity contribution in [3.8, 4) is 10.4 Å². The van der Waals surface area contributed by atoms with Crippen molar-refractivity contribution in [2.75, 3.05) is 25.5 Å². The molecule has 1 N–H and O–H groups in total. The average molecular weight is 301 g/mol. The van der Waals surface area contributed by atoms with Crippen molar-refractivity contribution in [2.45, 2.75) is 12.8 Å². The number of anilines is 1. The Kier molecular flexibility index (Phi) is 4.31. The van der Waals surface area contributed by atoms with Crippen molar-refractivity contribution in [1.82, 2.24) is 9.88 Å². The van der Waals surface area contributed by atoms with Crippen molar-refractivity contribution in [3.63, 3.8) is 0 Å². The number of nitrogens with zero attached hydrogens (tertiary/aromatic N) is 2. The molecule has 1 aromatic heterocycles. The summed E-state index contributed by atoms with van der Waals surface area (Å²) in [6, 6.07) is 10.1. The van der Waals surface area contributed by atoms with Gasteiger partial charge in [0.05, 0.1) is 4.88 Å². The zero-order chi connectivity index (χ0) is 14.7. The Bertz CT molecular complexity index is 603. The van der Waals surface area contributed by atoms with Crippen LogP contribution in [0.3, 0.4) is 0 Å². The van der Waals surface area contributed by atoms with E-state index in [0.717, 1.165) is 36.4 Å². The second-order valence-corrected chi connectivity index (χ2v) is 6.49. The van der Waals surface area contributed by atoms with Gasteiger partial charge in [-0.15, -0.1) is 0 Å². The predicted molar refractivity (Wildman–Crippen MR) is 86.4 cm³/mol. The SMILES string of the molecule is CN1CCC(C(=O)Nc2ncc(-c3ccccc3)s2)CC1. The monoisotopic (exact) mass is 301 g/mol. The Morgan fingerprint density at radius 2 is 2.00 bits per heavy atom. The fourth-order valence-electron chi connectivity index (χ4n) is 2.55. The van der Waals surface area contributed by atoms with E-state index in [-0.39, 0.29) is 11.8 Å². The van der Waals surface area contributed by atoms with Crippen molar-refractivity contribution in [1.29, 1.82) is 0 Å². The first-order valence-electron chi connectivity index (χ1n) is 7.23. The molecule has 0 radical (unpaired) electrons. The molecule has 1 saturated heterocycles. The summed E-state index contributed by atoms with van der Waals surface area (Å²) in [5.74, 6) is 0.224. The molecule has 5 heteroatoms. The standard InChI is InChI=1S/C16H19N3OS/c1-19-9-7-13(8-10-19)15(20)18-16-17-11-14(21-16)12-5-3-2-4-6-12/h2-6,11,13H,7-10H2,1H3,(H,17,18,20). The van der Waals surface area contributed by atoms with Crippen LogP contribution in [0, 0.1) is 5.92 Å². The molecular weight excluding hydrogens is 282 g/mol. The van der Waals surface area contributed by atoms with Crippen LogP contribution < -0.4 is 5.32 Å². The van der Waals surface area contributed by atoms with Crippen LogP contribution in [0.25, 0.3) is 10.4 Å². The summed E-state index contributed by atoms with van der Waals surface area (Å²) in [6.07, 6.45) is 3.68. The molecule has 0 aliphatic carbocycles. The van der Waals surface area contributed by atoms with E-state index >= 15 is 0 Å². The molecule has 4 nitrogen and oxygen atoms in total. The first-order chi connectivity index (χ1) is 10.2. The molecule has 0 unspecified atom stereocenters. The van der Waals surface area contributed by atoms with E-state index in [1.165, 1.54) is 11.3 Å². The second-order valence-electron chi connectivity index (χ2n) is 5.46. The van der Waals surface area contributed by atoms with Gasteiger partial charge in [-0.2, -0.15) is 0 Å². The minimum atomic E-state index is 0.108. The number of hydrogen-bond acceptors (Lipinski definition) is 4. The van der Waals surface area contributed by atoms with E-state index < -0.39 is 0 Å². The lowest BCUT2D eigenvalue weighted by molar-refractivity contribution is -0.121. The van der Waals surface area contributed by atoms with E-state index in [4.69, 9.17) is 0 Å². The summed E-state index contributed by atoms with van der Waals surface area (Å²) in [7, 11) is 2.10. The molecule has 1 aromatic carbocycles. The first-order valence-corrected chi connectivity index (χ1v) is 8.04. The third-order valence-electron chi connectivity index (χ3n) is 3.88. The van der Waals surface area contributed by atoms with Gasteiger partial charge in [0.15, 0.2) is 5.13 Å². The maximum atomic E-state index is 12.3. The molecule has 1 aliphatic rings. The van der Waals surface area contributed by atoms with Crippen molar-refractivity contribution in [2.24, 2.45) is 5.92 Å². The minimum Gasteiger partial charge on any atom is -0.306 e. The van der Waals surface area contributed by atoms with Crippen LogP contribution in [0.15, 0.2) is 36.5 Å². The number of amides is 1. The van der Waals surface area contributed by atoms with Crippen LogP contribution in [-0.2, 0) is 4.79 Å². The maximum Gasteiger partial charge on any atom is 0.229 e. The quantitative estimate of drug-likeness (QED) is 0.947. The summed E-state index contributed by atoms with van der Waals surface area (Å²) in [4.78, 5) is 19.9. The van der Waals surface area contributed by atoms with Crippen molar-refractivity contribution >= 4 is 22.4 Å². The molecule has 3 rings (SSSR count). The number of likely N-dealkylation sites (tertiary alicyclic amines) is 1.